The highest BCUT2D eigenvalue weighted by atomic mass is 16.4. The number of aliphatic carboxylic acids is 2. The second-order valence-electron chi connectivity index (χ2n) is 5.87. The molecule has 0 fully saturated rings. The predicted octanol–water partition coefficient (Wildman–Crippen LogP) is 5.17. The maximum absolute atomic E-state index is 10.3. The van der Waals surface area contributed by atoms with E-state index in [1.165, 1.54) is 25.7 Å². The molecular weight excluding hydrogens is 280 g/mol. The number of carboxylic acid groups (broad SMARTS) is 2. The summed E-state index contributed by atoms with van der Waals surface area (Å²) in [6.45, 7) is 0. The highest BCUT2D eigenvalue weighted by molar-refractivity contribution is 5.66. The van der Waals surface area contributed by atoms with Gasteiger partial charge in [0.05, 0.1) is 0 Å². The molecule has 0 aromatic rings. The van der Waals surface area contributed by atoms with Crippen LogP contribution in [0.1, 0.15) is 89.9 Å². The summed E-state index contributed by atoms with van der Waals surface area (Å²) >= 11 is 0. The Balaban J connectivity index is 3.12. The van der Waals surface area contributed by atoms with Crippen molar-refractivity contribution in [2.24, 2.45) is 0 Å². The van der Waals surface area contributed by atoms with Gasteiger partial charge in [0, 0.05) is 12.8 Å². The van der Waals surface area contributed by atoms with Crippen molar-refractivity contribution in [1.82, 2.24) is 0 Å². The molecule has 0 heterocycles. The van der Waals surface area contributed by atoms with Gasteiger partial charge in [-0.1, -0.05) is 50.7 Å². The summed E-state index contributed by atoms with van der Waals surface area (Å²) in [6.07, 6.45) is 18.0. The molecule has 0 aliphatic rings. The molecule has 128 valence electrons. The van der Waals surface area contributed by atoms with Crippen LogP contribution in [-0.2, 0) is 9.59 Å². The Morgan fingerprint density at radius 2 is 0.864 bits per heavy atom. The van der Waals surface area contributed by atoms with Crippen LogP contribution >= 0.6 is 0 Å². The molecule has 0 rings (SSSR count). The molecule has 0 amide bonds. The molecule has 0 aromatic heterocycles. The monoisotopic (exact) mass is 312 g/mol. The maximum atomic E-state index is 10.3. The SMILES string of the molecule is O=C(O)CCCCCCCC=CCCCCCCCC(=O)O. The molecule has 22 heavy (non-hydrogen) atoms. The van der Waals surface area contributed by atoms with Crippen molar-refractivity contribution in [2.75, 3.05) is 0 Å². The van der Waals surface area contributed by atoms with Crippen molar-refractivity contribution in [3.05, 3.63) is 12.2 Å². The van der Waals surface area contributed by atoms with Crippen LogP contribution in [0.25, 0.3) is 0 Å². The summed E-state index contributed by atoms with van der Waals surface area (Å²) in [6, 6.07) is 0. The first-order valence-electron chi connectivity index (χ1n) is 8.71. The van der Waals surface area contributed by atoms with Gasteiger partial charge in [0.15, 0.2) is 0 Å². The second kappa shape index (κ2) is 16.1. The van der Waals surface area contributed by atoms with Crippen molar-refractivity contribution in [3.8, 4) is 0 Å². The number of rotatable bonds is 16. The number of carbonyl (C=O) groups is 2. The molecule has 0 saturated heterocycles. The number of unbranched alkanes of at least 4 members (excludes halogenated alkanes) is 10. The van der Waals surface area contributed by atoms with Crippen LogP contribution < -0.4 is 0 Å². The second-order valence-corrected chi connectivity index (χ2v) is 5.87. The van der Waals surface area contributed by atoms with E-state index in [0.29, 0.717) is 12.8 Å². The third kappa shape index (κ3) is 18.7. The highest BCUT2D eigenvalue weighted by Crippen LogP contribution is 2.10. The molecule has 2 N–H and O–H groups in total. The minimum Gasteiger partial charge on any atom is -0.481 e. The zero-order valence-electron chi connectivity index (χ0n) is 13.8. The lowest BCUT2D eigenvalue weighted by Crippen LogP contribution is -1.93. The minimum atomic E-state index is -0.690. The quantitative estimate of drug-likeness (QED) is 0.304. The topological polar surface area (TPSA) is 74.6 Å². The number of allylic oxidation sites excluding steroid dienone is 2. The van der Waals surface area contributed by atoms with E-state index in [4.69, 9.17) is 10.2 Å². The van der Waals surface area contributed by atoms with Gasteiger partial charge in [0.1, 0.15) is 0 Å². The Morgan fingerprint density at radius 1 is 0.545 bits per heavy atom. The third-order valence-electron chi connectivity index (χ3n) is 3.69. The van der Waals surface area contributed by atoms with E-state index in [-0.39, 0.29) is 0 Å². The summed E-state index contributed by atoms with van der Waals surface area (Å²) in [7, 11) is 0. The summed E-state index contributed by atoms with van der Waals surface area (Å²) in [4.78, 5) is 20.7. The Labute approximate surface area is 134 Å². The lowest BCUT2D eigenvalue weighted by atomic mass is 10.1. The Morgan fingerprint density at radius 3 is 1.23 bits per heavy atom. The van der Waals surface area contributed by atoms with E-state index in [9.17, 15) is 9.59 Å². The first kappa shape index (κ1) is 20.7. The third-order valence-corrected chi connectivity index (χ3v) is 3.69. The standard InChI is InChI=1S/C18H32O4/c19-17(20)15-13-11-9-7-5-3-1-2-4-6-8-10-12-14-16-18(21)22/h1-2H,3-16H2,(H,19,20)(H,21,22). The van der Waals surface area contributed by atoms with Crippen LogP contribution in [0.15, 0.2) is 12.2 Å². The van der Waals surface area contributed by atoms with Crippen molar-refractivity contribution >= 4 is 11.9 Å². The lowest BCUT2D eigenvalue weighted by molar-refractivity contribution is -0.138. The van der Waals surface area contributed by atoms with Crippen LogP contribution in [0, 0.1) is 0 Å². The average Bonchev–Trinajstić information content (AvgIpc) is 2.46. The lowest BCUT2D eigenvalue weighted by Gasteiger charge is -1.99. The van der Waals surface area contributed by atoms with Crippen LogP contribution in [-0.4, -0.2) is 22.2 Å². The van der Waals surface area contributed by atoms with Gasteiger partial charge in [-0.3, -0.25) is 9.59 Å². The van der Waals surface area contributed by atoms with Crippen molar-refractivity contribution in [3.63, 3.8) is 0 Å². The van der Waals surface area contributed by atoms with E-state index in [1.54, 1.807) is 0 Å². The fraction of sp³-hybridized carbons (Fsp3) is 0.778. The van der Waals surface area contributed by atoms with Crippen molar-refractivity contribution in [1.29, 1.82) is 0 Å². The summed E-state index contributed by atoms with van der Waals surface area (Å²) in [5.74, 6) is -1.38. The summed E-state index contributed by atoms with van der Waals surface area (Å²) in [5.41, 5.74) is 0. The van der Waals surface area contributed by atoms with E-state index in [2.05, 4.69) is 12.2 Å². The Bertz CT molecular complexity index is 280. The smallest absolute Gasteiger partial charge is 0.303 e. The van der Waals surface area contributed by atoms with Crippen LogP contribution in [0.3, 0.4) is 0 Å². The molecule has 4 heteroatoms. The molecular formula is C18H32O4. The zero-order chi connectivity index (χ0) is 16.5. The largest absolute Gasteiger partial charge is 0.481 e. The number of hydrogen-bond donors (Lipinski definition) is 2. The van der Waals surface area contributed by atoms with Gasteiger partial charge in [-0.2, -0.15) is 0 Å². The maximum Gasteiger partial charge on any atom is 0.303 e. The number of carboxylic acids is 2. The van der Waals surface area contributed by atoms with Gasteiger partial charge in [0.25, 0.3) is 0 Å². The van der Waals surface area contributed by atoms with E-state index in [1.807, 2.05) is 0 Å². The van der Waals surface area contributed by atoms with Crippen LogP contribution in [0.5, 0.6) is 0 Å². The highest BCUT2D eigenvalue weighted by Gasteiger charge is 1.96. The molecule has 0 radical (unpaired) electrons. The molecule has 0 aliphatic heterocycles. The normalized spacial score (nSPS) is 11.1. The van der Waals surface area contributed by atoms with Gasteiger partial charge in [0.2, 0.25) is 0 Å². The number of hydrogen-bond acceptors (Lipinski definition) is 2. The molecule has 0 spiro atoms. The fourth-order valence-corrected chi connectivity index (χ4v) is 2.37. The van der Waals surface area contributed by atoms with Gasteiger partial charge in [-0.15, -0.1) is 0 Å². The molecule has 0 aliphatic carbocycles. The predicted molar refractivity (Wildman–Crippen MR) is 89.0 cm³/mol. The summed E-state index contributed by atoms with van der Waals surface area (Å²) < 4.78 is 0. The van der Waals surface area contributed by atoms with Gasteiger partial charge in [-0.25, -0.2) is 0 Å². The van der Waals surface area contributed by atoms with Crippen LogP contribution in [0.2, 0.25) is 0 Å². The fourth-order valence-electron chi connectivity index (χ4n) is 2.37. The molecule has 0 bridgehead atoms. The van der Waals surface area contributed by atoms with Crippen molar-refractivity contribution < 1.29 is 19.8 Å². The first-order chi connectivity index (χ1) is 10.6. The Kier molecular flexibility index (Phi) is 15.1. The van der Waals surface area contributed by atoms with E-state index < -0.39 is 11.9 Å². The van der Waals surface area contributed by atoms with Crippen molar-refractivity contribution in [2.45, 2.75) is 89.9 Å². The van der Waals surface area contributed by atoms with Gasteiger partial charge in [-0.05, 0) is 38.5 Å². The van der Waals surface area contributed by atoms with Gasteiger partial charge >= 0.3 is 11.9 Å². The molecule has 0 atom stereocenters. The zero-order valence-corrected chi connectivity index (χ0v) is 13.8. The van der Waals surface area contributed by atoms with E-state index in [0.717, 1.165) is 51.4 Å². The van der Waals surface area contributed by atoms with E-state index >= 15 is 0 Å². The van der Waals surface area contributed by atoms with Crippen LogP contribution in [0.4, 0.5) is 0 Å². The molecule has 0 aromatic carbocycles. The Hall–Kier alpha value is -1.32. The molecule has 0 unspecified atom stereocenters. The minimum absolute atomic E-state index is 0.302. The van der Waals surface area contributed by atoms with Gasteiger partial charge < -0.3 is 10.2 Å². The molecule has 0 saturated carbocycles. The first-order valence-corrected chi connectivity index (χ1v) is 8.71. The molecule has 4 nitrogen and oxygen atoms in total. The average molecular weight is 312 g/mol. The summed E-state index contributed by atoms with van der Waals surface area (Å²) in [5, 5.41) is 17.0.